The van der Waals surface area contributed by atoms with Crippen LogP contribution in [0.1, 0.15) is 33.6 Å². The van der Waals surface area contributed by atoms with Crippen molar-refractivity contribution in [2.24, 2.45) is 0 Å². The number of rotatable bonds is 8. The fraction of sp³-hybridized carbons (Fsp3) is 0.600. The molecule has 0 aliphatic rings. The summed E-state index contributed by atoms with van der Waals surface area (Å²) in [5.74, 6) is 0. The van der Waals surface area contributed by atoms with Crippen molar-refractivity contribution in [2.45, 2.75) is 54.7 Å². The fourth-order valence-corrected chi connectivity index (χ4v) is 3.51. The highest BCUT2D eigenvalue weighted by molar-refractivity contribution is 8.00. The van der Waals surface area contributed by atoms with Gasteiger partial charge in [0.25, 0.3) is 0 Å². The molecule has 1 rings (SSSR count). The van der Waals surface area contributed by atoms with Gasteiger partial charge in [0.2, 0.25) is 0 Å². The van der Waals surface area contributed by atoms with Crippen molar-refractivity contribution < 1.29 is 8.42 Å². The molecule has 0 spiro atoms. The van der Waals surface area contributed by atoms with E-state index in [4.69, 9.17) is 0 Å². The van der Waals surface area contributed by atoms with Crippen LogP contribution in [-0.4, -0.2) is 32.5 Å². The highest BCUT2D eigenvalue weighted by atomic mass is 32.2. The van der Waals surface area contributed by atoms with Gasteiger partial charge in [-0.05, 0) is 37.6 Å². The van der Waals surface area contributed by atoms with Gasteiger partial charge in [-0.3, -0.25) is 0 Å². The molecule has 2 unspecified atom stereocenters. The lowest BCUT2D eigenvalue weighted by Gasteiger charge is -2.17. The summed E-state index contributed by atoms with van der Waals surface area (Å²) in [7, 11) is -3.10. The molecule has 0 aliphatic heterocycles. The molecule has 3 nitrogen and oxygen atoms in total. The Bertz CT molecular complexity index is 497. The van der Waals surface area contributed by atoms with Crippen molar-refractivity contribution >= 4 is 21.6 Å². The molecule has 20 heavy (non-hydrogen) atoms. The lowest BCUT2D eigenvalue weighted by molar-refractivity contribution is 0.511. The number of nitrogens with one attached hydrogen (secondary N) is 1. The average molecular weight is 316 g/mol. The number of hydrogen-bond donors (Lipinski definition) is 1. The fourth-order valence-electron chi connectivity index (χ4n) is 1.94. The van der Waals surface area contributed by atoms with Crippen molar-refractivity contribution in [3.05, 3.63) is 24.3 Å². The summed E-state index contributed by atoms with van der Waals surface area (Å²) < 4.78 is 22.8. The van der Waals surface area contributed by atoms with E-state index < -0.39 is 9.84 Å². The van der Waals surface area contributed by atoms with Gasteiger partial charge in [0.15, 0.2) is 9.84 Å². The summed E-state index contributed by atoms with van der Waals surface area (Å²) in [6, 6.07) is 7.67. The molecule has 0 aromatic heterocycles. The van der Waals surface area contributed by atoms with Crippen LogP contribution in [0.5, 0.6) is 0 Å². The zero-order valence-electron chi connectivity index (χ0n) is 12.7. The van der Waals surface area contributed by atoms with Gasteiger partial charge in [0.1, 0.15) is 0 Å². The van der Waals surface area contributed by atoms with Gasteiger partial charge >= 0.3 is 0 Å². The van der Waals surface area contributed by atoms with Crippen LogP contribution in [-0.2, 0) is 9.84 Å². The molecule has 0 saturated carbocycles. The first-order chi connectivity index (χ1) is 9.32. The normalized spacial score (nSPS) is 15.0. The molecule has 1 aromatic rings. The predicted molar refractivity (Wildman–Crippen MR) is 87.2 cm³/mol. The minimum Gasteiger partial charge on any atom is -0.313 e. The van der Waals surface area contributed by atoms with Crippen LogP contribution in [0.3, 0.4) is 0 Å². The second-order valence-electron chi connectivity index (χ2n) is 5.27. The van der Waals surface area contributed by atoms with Crippen molar-refractivity contribution in [3.63, 3.8) is 0 Å². The topological polar surface area (TPSA) is 46.2 Å². The molecule has 5 heteroatoms. The van der Waals surface area contributed by atoms with E-state index in [0.717, 1.165) is 11.4 Å². The average Bonchev–Trinajstić information content (AvgIpc) is 2.36. The molecule has 0 saturated heterocycles. The third-order valence-corrected chi connectivity index (χ3v) is 5.31. The number of thioether (sulfide) groups is 1. The first-order valence-corrected chi connectivity index (χ1v) is 9.80. The van der Waals surface area contributed by atoms with E-state index in [9.17, 15) is 8.42 Å². The van der Waals surface area contributed by atoms with E-state index in [2.05, 4.69) is 26.1 Å². The molecule has 2 atom stereocenters. The first-order valence-electron chi connectivity index (χ1n) is 7.03. The Morgan fingerprint density at radius 1 is 1.20 bits per heavy atom. The summed E-state index contributed by atoms with van der Waals surface area (Å²) in [4.78, 5) is 1.49. The van der Waals surface area contributed by atoms with Crippen LogP contribution < -0.4 is 5.32 Å². The highest BCUT2D eigenvalue weighted by Gasteiger charge is 2.09. The lowest BCUT2D eigenvalue weighted by Crippen LogP contribution is -2.31. The molecular formula is C15H25NO2S2. The number of benzene rings is 1. The van der Waals surface area contributed by atoms with Crippen molar-refractivity contribution in [3.8, 4) is 0 Å². The van der Waals surface area contributed by atoms with Gasteiger partial charge in [-0.2, -0.15) is 0 Å². The number of hydrogen-bond acceptors (Lipinski definition) is 4. The largest absolute Gasteiger partial charge is 0.313 e. The second kappa shape index (κ2) is 8.05. The standard InChI is InChI=1S/C15H25NO2S2/c1-5-6-12(2)16-11-13(3)19-14-7-9-15(10-8-14)20(4,17)18/h7-10,12-13,16H,5-6,11H2,1-4H3. The van der Waals surface area contributed by atoms with Crippen molar-refractivity contribution in [1.29, 1.82) is 0 Å². The first kappa shape index (κ1) is 17.5. The van der Waals surface area contributed by atoms with E-state index >= 15 is 0 Å². The van der Waals surface area contributed by atoms with Gasteiger partial charge in [-0.1, -0.05) is 20.3 Å². The molecule has 0 fully saturated rings. The SMILES string of the molecule is CCCC(C)NCC(C)Sc1ccc(S(C)(=O)=O)cc1. The predicted octanol–water partition coefficient (Wildman–Crippen LogP) is 3.35. The van der Waals surface area contributed by atoms with Gasteiger partial charge in [-0.25, -0.2) is 8.42 Å². The molecular weight excluding hydrogens is 290 g/mol. The van der Waals surface area contributed by atoms with Gasteiger partial charge in [0.05, 0.1) is 4.90 Å². The Morgan fingerprint density at radius 2 is 1.80 bits per heavy atom. The van der Waals surface area contributed by atoms with Crippen LogP contribution in [0.25, 0.3) is 0 Å². The van der Waals surface area contributed by atoms with E-state index in [-0.39, 0.29) is 0 Å². The zero-order chi connectivity index (χ0) is 15.2. The zero-order valence-corrected chi connectivity index (χ0v) is 14.4. The molecule has 0 amide bonds. The summed E-state index contributed by atoms with van der Waals surface area (Å²) in [6.07, 6.45) is 3.62. The molecule has 1 aromatic carbocycles. The van der Waals surface area contributed by atoms with E-state index in [1.54, 1.807) is 23.9 Å². The number of sulfone groups is 1. The summed E-state index contributed by atoms with van der Waals surface area (Å²) >= 11 is 1.77. The molecule has 114 valence electrons. The lowest BCUT2D eigenvalue weighted by atomic mass is 10.2. The minimum atomic E-state index is -3.10. The second-order valence-corrected chi connectivity index (χ2v) is 8.80. The van der Waals surface area contributed by atoms with Crippen LogP contribution in [0.4, 0.5) is 0 Å². The summed E-state index contributed by atoms with van der Waals surface area (Å²) in [5, 5.41) is 3.98. The third-order valence-electron chi connectivity index (χ3n) is 3.06. The summed E-state index contributed by atoms with van der Waals surface area (Å²) in [5.41, 5.74) is 0. The Balaban J connectivity index is 2.48. The van der Waals surface area contributed by atoms with E-state index in [0.29, 0.717) is 16.2 Å². The van der Waals surface area contributed by atoms with Gasteiger partial charge in [0, 0.05) is 29.0 Å². The van der Waals surface area contributed by atoms with Gasteiger partial charge < -0.3 is 5.32 Å². The maximum atomic E-state index is 11.4. The molecule has 0 bridgehead atoms. The van der Waals surface area contributed by atoms with Crippen molar-refractivity contribution in [2.75, 3.05) is 12.8 Å². The quantitative estimate of drug-likeness (QED) is 0.747. The van der Waals surface area contributed by atoms with Gasteiger partial charge in [-0.15, -0.1) is 11.8 Å². The Hall–Kier alpha value is -0.520. The molecule has 0 aliphatic carbocycles. The Labute approximate surface area is 127 Å². The Morgan fingerprint density at radius 3 is 2.30 bits per heavy atom. The van der Waals surface area contributed by atoms with E-state index in [1.807, 2.05) is 12.1 Å². The Kier molecular flexibility index (Phi) is 7.06. The van der Waals surface area contributed by atoms with Crippen LogP contribution in [0, 0.1) is 0 Å². The molecule has 1 N–H and O–H groups in total. The highest BCUT2D eigenvalue weighted by Crippen LogP contribution is 2.24. The summed E-state index contributed by atoms with van der Waals surface area (Å²) in [6.45, 7) is 7.54. The minimum absolute atomic E-state index is 0.379. The smallest absolute Gasteiger partial charge is 0.175 e. The maximum Gasteiger partial charge on any atom is 0.175 e. The van der Waals surface area contributed by atoms with Crippen LogP contribution in [0.2, 0.25) is 0 Å². The van der Waals surface area contributed by atoms with Crippen molar-refractivity contribution in [1.82, 2.24) is 5.32 Å². The maximum absolute atomic E-state index is 11.4. The van der Waals surface area contributed by atoms with Crippen LogP contribution in [0.15, 0.2) is 34.1 Å². The van der Waals surface area contributed by atoms with E-state index in [1.165, 1.54) is 19.1 Å². The molecule has 0 heterocycles. The van der Waals surface area contributed by atoms with Crippen LogP contribution >= 0.6 is 11.8 Å². The third kappa shape index (κ3) is 6.29. The molecule has 0 radical (unpaired) electrons. The monoisotopic (exact) mass is 315 g/mol.